The highest BCUT2D eigenvalue weighted by Gasteiger charge is 2.36. The molecule has 0 fully saturated rings. The van der Waals surface area contributed by atoms with Gasteiger partial charge in [0.1, 0.15) is 16.1 Å². The number of nitrogens with zero attached hydrogens (tertiary/aromatic N) is 2. The van der Waals surface area contributed by atoms with Gasteiger partial charge in [-0.25, -0.2) is 9.98 Å². The Morgan fingerprint density at radius 2 is 1.24 bits per heavy atom. The van der Waals surface area contributed by atoms with Crippen LogP contribution in [0.3, 0.4) is 0 Å². The number of fused-ring (bicyclic) bond motifs is 18. The predicted octanol–water partition coefficient (Wildman–Crippen LogP) is 10.7. The Morgan fingerprint density at radius 1 is 0.638 bits per heavy atom. The molecule has 0 saturated heterocycles. The molecule has 2 unspecified atom stereocenters. The molecule has 0 spiro atoms. The summed E-state index contributed by atoms with van der Waals surface area (Å²) in [6, 6.07) is 37.1. The molecule has 0 aliphatic carbocycles. The van der Waals surface area contributed by atoms with Crippen LogP contribution in [0.5, 0.6) is 0 Å². The van der Waals surface area contributed by atoms with Gasteiger partial charge in [0.05, 0.1) is 45.8 Å². The number of aromatic amines is 1. The van der Waals surface area contributed by atoms with Crippen LogP contribution in [0.15, 0.2) is 119 Å². The monoisotopic (exact) mass is 788 g/mol. The molecule has 4 aliphatic rings. The zero-order chi connectivity index (χ0) is 40.0. The minimum Gasteiger partial charge on any atom is -0.353 e. The Labute approximate surface area is 345 Å². The SMILES string of the molecule is CCCC[Si](C)(C)C#C/C1=C2N=C(/C=c3\[nH]/c(c4ccccc34)=C(/C#C[Si](C)(C)CCCC)C3=N/C(=C\C4NC1c1ccccc14)c1ccccc13)c1ccccc1/2. The van der Waals surface area contributed by atoms with Crippen molar-refractivity contribution in [3.05, 3.63) is 153 Å². The maximum atomic E-state index is 5.58. The Morgan fingerprint density at radius 3 is 1.97 bits per heavy atom. The van der Waals surface area contributed by atoms with Gasteiger partial charge in [-0.1, -0.05) is 175 Å². The number of unbranched alkanes of at least 4 members (excludes halogenated alkanes) is 2. The van der Waals surface area contributed by atoms with Crippen LogP contribution in [0.1, 0.15) is 85.0 Å². The summed E-state index contributed by atoms with van der Waals surface area (Å²) in [5.74, 6) is 7.70. The van der Waals surface area contributed by atoms with E-state index in [0.29, 0.717) is 0 Å². The first kappa shape index (κ1) is 38.0. The van der Waals surface area contributed by atoms with E-state index in [4.69, 9.17) is 9.98 Å². The van der Waals surface area contributed by atoms with Gasteiger partial charge in [0.25, 0.3) is 0 Å². The van der Waals surface area contributed by atoms with Crippen molar-refractivity contribution in [3.63, 3.8) is 0 Å². The number of aliphatic imine (C=N–C) groups is 2. The summed E-state index contributed by atoms with van der Waals surface area (Å²) in [7, 11) is -3.65. The van der Waals surface area contributed by atoms with Gasteiger partial charge in [0.2, 0.25) is 0 Å². The van der Waals surface area contributed by atoms with Gasteiger partial charge in [-0.15, -0.1) is 11.1 Å². The van der Waals surface area contributed by atoms with Gasteiger partial charge in [-0.3, -0.25) is 5.32 Å². The average Bonchev–Trinajstić information content (AvgIpc) is 3.99. The number of aromatic nitrogens is 1. The molecule has 2 N–H and O–H groups in total. The lowest BCUT2D eigenvalue weighted by Gasteiger charge is -2.18. The molecule has 288 valence electrons. The summed E-state index contributed by atoms with van der Waals surface area (Å²) in [6.45, 7) is 14.2. The van der Waals surface area contributed by atoms with Crippen LogP contribution in [-0.4, -0.2) is 32.6 Å². The first-order valence-electron chi connectivity index (χ1n) is 21.2. The molecule has 8 bridgehead atoms. The van der Waals surface area contributed by atoms with E-state index in [1.54, 1.807) is 0 Å². The third kappa shape index (κ3) is 7.05. The first-order valence-corrected chi connectivity index (χ1v) is 27.6. The zero-order valence-corrected chi connectivity index (χ0v) is 36.7. The van der Waals surface area contributed by atoms with Crippen LogP contribution in [0.2, 0.25) is 38.3 Å². The maximum absolute atomic E-state index is 5.58. The summed E-state index contributed by atoms with van der Waals surface area (Å²) in [4.78, 5) is 15.1. The van der Waals surface area contributed by atoms with E-state index in [1.807, 2.05) is 0 Å². The number of rotatable bonds is 6. The van der Waals surface area contributed by atoms with E-state index in [2.05, 4.69) is 182 Å². The molecule has 5 heterocycles. The van der Waals surface area contributed by atoms with E-state index < -0.39 is 16.1 Å². The Bertz CT molecular complexity index is 2880. The highest BCUT2D eigenvalue weighted by molar-refractivity contribution is 6.85. The number of hydrogen-bond acceptors (Lipinski definition) is 3. The fourth-order valence-electron chi connectivity index (χ4n) is 8.88. The van der Waals surface area contributed by atoms with Crippen molar-refractivity contribution in [2.24, 2.45) is 9.98 Å². The molecule has 1 aromatic heterocycles. The van der Waals surface area contributed by atoms with Crippen molar-refractivity contribution in [1.29, 1.82) is 0 Å². The molecule has 0 saturated carbocycles. The third-order valence-electron chi connectivity index (χ3n) is 12.1. The maximum Gasteiger partial charge on any atom is 0.132 e. The normalized spacial score (nSPS) is 21.6. The molecule has 6 heteroatoms. The second-order valence-electron chi connectivity index (χ2n) is 17.5. The van der Waals surface area contributed by atoms with Gasteiger partial charge >= 0.3 is 0 Å². The molecule has 4 aliphatic heterocycles. The van der Waals surface area contributed by atoms with Gasteiger partial charge in [-0.05, 0) is 35.4 Å². The standard InChI is InChI=1S/C52H52N4Si2/c1-7-9-29-57(3,4)31-27-43-49-39-23-15-11-19-35(39)45(53-49)33-47-37-21-13-17-25-41(37)51(55-47)44(28-32-58(5,6)30-10-8-2)52-42-26-18-14-22-38(42)48(56-52)34-46-36-20-12-16-24-40(36)50(43)54-46/h11-26,33-34,45,49,53,56H,7-10,29-30H2,1-6H3/b47-33-,48-34-,50-43-,52-44-. The van der Waals surface area contributed by atoms with E-state index in [1.165, 1.54) is 48.9 Å². The second kappa shape index (κ2) is 15.3. The van der Waals surface area contributed by atoms with E-state index in [9.17, 15) is 0 Å². The molecule has 4 nitrogen and oxygen atoms in total. The molecule has 0 radical (unpaired) electrons. The molecular formula is C52H52N4Si2. The zero-order valence-electron chi connectivity index (χ0n) is 34.7. The summed E-state index contributed by atoms with van der Waals surface area (Å²) in [5.41, 5.74) is 20.6. The van der Waals surface area contributed by atoms with Crippen LogP contribution < -0.4 is 16.0 Å². The summed E-state index contributed by atoms with van der Waals surface area (Å²) in [5, 5.41) is 8.39. The van der Waals surface area contributed by atoms with Crippen molar-refractivity contribution in [1.82, 2.24) is 10.3 Å². The van der Waals surface area contributed by atoms with Crippen molar-refractivity contribution in [3.8, 4) is 22.9 Å². The largest absolute Gasteiger partial charge is 0.353 e. The van der Waals surface area contributed by atoms with E-state index in [-0.39, 0.29) is 12.1 Å². The van der Waals surface area contributed by atoms with Gasteiger partial charge in [0.15, 0.2) is 0 Å². The summed E-state index contributed by atoms with van der Waals surface area (Å²) < 4.78 is 0. The van der Waals surface area contributed by atoms with Crippen molar-refractivity contribution in [2.75, 3.05) is 0 Å². The lowest BCUT2D eigenvalue weighted by Crippen LogP contribution is -2.24. The minimum absolute atomic E-state index is 0.0810. The highest BCUT2D eigenvalue weighted by Crippen LogP contribution is 2.44. The van der Waals surface area contributed by atoms with E-state index in [0.717, 1.165) is 77.7 Å². The molecule has 58 heavy (non-hydrogen) atoms. The second-order valence-corrected chi connectivity index (χ2v) is 26.6. The molecule has 0 amide bonds. The quantitative estimate of drug-likeness (QED) is 0.131. The third-order valence-corrected chi connectivity index (χ3v) is 16.9. The number of H-pyrrole nitrogens is 1. The topological polar surface area (TPSA) is 52.5 Å². The van der Waals surface area contributed by atoms with Gasteiger partial charge in [0, 0.05) is 43.9 Å². The smallest absolute Gasteiger partial charge is 0.132 e. The summed E-state index contributed by atoms with van der Waals surface area (Å²) >= 11 is 0. The Kier molecular flexibility index (Phi) is 10.1. The summed E-state index contributed by atoms with van der Waals surface area (Å²) in [6.07, 6.45) is 9.35. The van der Waals surface area contributed by atoms with Crippen molar-refractivity contribution < 1.29 is 0 Å². The van der Waals surface area contributed by atoms with Gasteiger partial charge in [-0.2, -0.15) is 0 Å². The molecule has 5 aromatic rings. The lowest BCUT2D eigenvalue weighted by molar-refractivity contribution is 0.616. The fraction of sp³-hybridized carbons (Fsp3) is 0.269. The van der Waals surface area contributed by atoms with Crippen LogP contribution in [-0.2, 0) is 0 Å². The molecule has 9 rings (SSSR count). The molecule has 2 atom stereocenters. The Hall–Kier alpha value is -5.51. The lowest BCUT2D eigenvalue weighted by atomic mass is 9.93. The van der Waals surface area contributed by atoms with Crippen LogP contribution >= 0.6 is 0 Å². The van der Waals surface area contributed by atoms with Crippen LogP contribution in [0.25, 0.3) is 33.8 Å². The number of benzene rings is 4. The molecular weight excluding hydrogens is 737 g/mol. The predicted molar refractivity (Wildman–Crippen MR) is 251 cm³/mol. The number of hydrogen-bond donors (Lipinski definition) is 2. The average molecular weight is 789 g/mol. The molecule has 4 aromatic carbocycles. The van der Waals surface area contributed by atoms with Crippen LogP contribution in [0, 0.1) is 22.9 Å². The Balaban J connectivity index is 1.40. The van der Waals surface area contributed by atoms with Crippen molar-refractivity contribution >= 4 is 61.4 Å². The first-order chi connectivity index (χ1) is 28.1. The van der Waals surface area contributed by atoms with Crippen molar-refractivity contribution in [2.45, 2.75) is 89.9 Å². The number of nitrogens with one attached hydrogen (secondary N) is 2. The fourth-order valence-corrected chi connectivity index (χ4v) is 12.5. The minimum atomic E-state index is -1.83. The highest BCUT2D eigenvalue weighted by atomic mass is 28.3. The van der Waals surface area contributed by atoms with E-state index >= 15 is 0 Å². The van der Waals surface area contributed by atoms with Crippen LogP contribution in [0.4, 0.5) is 0 Å². The van der Waals surface area contributed by atoms with Gasteiger partial charge < -0.3 is 4.98 Å².